The van der Waals surface area contributed by atoms with E-state index in [4.69, 9.17) is 4.98 Å². The van der Waals surface area contributed by atoms with Crippen LogP contribution in [0, 0.1) is 0 Å². The zero-order valence-electron chi connectivity index (χ0n) is 18.3. The lowest BCUT2D eigenvalue weighted by atomic mass is 9.88. The molecular formula is C31H19N3. The van der Waals surface area contributed by atoms with Crippen molar-refractivity contribution in [2.24, 2.45) is 0 Å². The van der Waals surface area contributed by atoms with E-state index in [1.165, 1.54) is 37.9 Å². The van der Waals surface area contributed by atoms with Crippen LogP contribution in [0.4, 0.5) is 0 Å². The van der Waals surface area contributed by atoms with Crippen LogP contribution in [-0.2, 0) is 0 Å². The van der Waals surface area contributed by atoms with Crippen LogP contribution >= 0.6 is 0 Å². The maximum absolute atomic E-state index is 4.85. The lowest BCUT2D eigenvalue weighted by Gasteiger charge is -2.16. The lowest BCUT2D eigenvalue weighted by Crippen LogP contribution is -1.96. The first-order valence-corrected chi connectivity index (χ1v) is 11.4. The van der Waals surface area contributed by atoms with Gasteiger partial charge in [0.1, 0.15) is 0 Å². The third kappa shape index (κ3) is 2.81. The van der Waals surface area contributed by atoms with Gasteiger partial charge < -0.3 is 0 Å². The van der Waals surface area contributed by atoms with Crippen LogP contribution < -0.4 is 0 Å². The number of aromatic nitrogens is 3. The summed E-state index contributed by atoms with van der Waals surface area (Å²) in [5.74, 6) is 0. The topological polar surface area (TPSA) is 38.7 Å². The normalized spacial score (nSPS) is 11.5. The first-order chi connectivity index (χ1) is 16.9. The van der Waals surface area contributed by atoms with Crippen molar-refractivity contribution in [2.75, 3.05) is 0 Å². The molecule has 0 aliphatic carbocycles. The maximum atomic E-state index is 4.85. The second-order valence-corrected chi connectivity index (χ2v) is 8.48. The summed E-state index contributed by atoms with van der Waals surface area (Å²) in [7, 11) is 0. The third-order valence-electron chi connectivity index (χ3n) is 6.60. The van der Waals surface area contributed by atoms with Crippen LogP contribution in [0.3, 0.4) is 0 Å². The molecule has 3 aromatic heterocycles. The molecule has 3 nitrogen and oxygen atoms in total. The van der Waals surface area contributed by atoms with Crippen molar-refractivity contribution in [3.05, 3.63) is 116 Å². The second kappa shape index (κ2) is 7.46. The van der Waals surface area contributed by atoms with E-state index in [0.29, 0.717) is 0 Å². The van der Waals surface area contributed by atoms with Crippen molar-refractivity contribution in [1.29, 1.82) is 0 Å². The quantitative estimate of drug-likeness (QED) is 0.267. The van der Waals surface area contributed by atoms with E-state index in [9.17, 15) is 0 Å². The van der Waals surface area contributed by atoms with Gasteiger partial charge in [-0.25, -0.2) is 0 Å². The van der Waals surface area contributed by atoms with Gasteiger partial charge >= 0.3 is 0 Å². The van der Waals surface area contributed by atoms with Crippen molar-refractivity contribution >= 4 is 32.3 Å². The summed E-state index contributed by atoms with van der Waals surface area (Å²) in [6, 6.07) is 34.0. The fourth-order valence-electron chi connectivity index (χ4n) is 5.11. The van der Waals surface area contributed by atoms with Gasteiger partial charge in [0, 0.05) is 29.7 Å². The minimum Gasteiger partial charge on any atom is -0.256 e. The van der Waals surface area contributed by atoms with Gasteiger partial charge in [-0.05, 0) is 68.2 Å². The molecule has 0 spiro atoms. The predicted molar refractivity (Wildman–Crippen MR) is 140 cm³/mol. The van der Waals surface area contributed by atoms with Gasteiger partial charge in [-0.15, -0.1) is 0 Å². The molecule has 7 rings (SSSR count). The highest BCUT2D eigenvalue weighted by molar-refractivity contribution is 6.25. The molecule has 0 atom stereocenters. The van der Waals surface area contributed by atoms with Crippen molar-refractivity contribution in [3.63, 3.8) is 0 Å². The molecule has 0 saturated heterocycles. The molecule has 0 saturated carbocycles. The van der Waals surface area contributed by atoms with E-state index < -0.39 is 0 Å². The van der Waals surface area contributed by atoms with Gasteiger partial charge in [0.25, 0.3) is 0 Å². The van der Waals surface area contributed by atoms with E-state index in [1.807, 2.05) is 42.7 Å². The highest BCUT2D eigenvalue weighted by Crippen LogP contribution is 2.42. The largest absolute Gasteiger partial charge is 0.256 e. The van der Waals surface area contributed by atoms with Crippen LogP contribution in [-0.4, -0.2) is 15.0 Å². The zero-order valence-corrected chi connectivity index (χ0v) is 18.3. The Morgan fingerprint density at radius 2 is 1.06 bits per heavy atom. The van der Waals surface area contributed by atoms with E-state index in [-0.39, 0.29) is 0 Å². The highest BCUT2D eigenvalue weighted by Gasteiger charge is 2.18. The van der Waals surface area contributed by atoms with E-state index >= 15 is 0 Å². The average molecular weight is 434 g/mol. The lowest BCUT2D eigenvalue weighted by molar-refractivity contribution is 1.23. The fourth-order valence-corrected chi connectivity index (χ4v) is 5.11. The zero-order chi connectivity index (χ0) is 22.5. The molecular weight excluding hydrogens is 414 g/mol. The van der Waals surface area contributed by atoms with E-state index in [1.54, 1.807) is 6.20 Å². The van der Waals surface area contributed by atoms with Crippen LogP contribution in [0.25, 0.3) is 66.1 Å². The summed E-state index contributed by atoms with van der Waals surface area (Å²) in [6.07, 6.45) is 5.46. The molecule has 158 valence electrons. The van der Waals surface area contributed by atoms with E-state index in [2.05, 4.69) is 76.7 Å². The molecule has 0 aliphatic rings. The highest BCUT2D eigenvalue weighted by atomic mass is 14.8. The van der Waals surface area contributed by atoms with Crippen LogP contribution in [0.5, 0.6) is 0 Å². The van der Waals surface area contributed by atoms with Crippen LogP contribution in [0.1, 0.15) is 0 Å². The Labute approximate surface area is 196 Å². The van der Waals surface area contributed by atoms with Crippen molar-refractivity contribution < 1.29 is 0 Å². The summed E-state index contributed by atoms with van der Waals surface area (Å²) in [4.78, 5) is 14.1. The molecule has 0 N–H and O–H groups in total. The minimum atomic E-state index is 0.834. The van der Waals surface area contributed by atoms with E-state index in [0.717, 1.165) is 28.2 Å². The third-order valence-corrected chi connectivity index (χ3v) is 6.60. The summed E-state index contributed by atoms with van der Waals surface area (Å²) < 4.78 is 0. The maximum Gasteiger partial charge on any atom is 0.0980 e. The molecule has 3 heterocycles. The number of hydrogen-bond acceptors (Lipinski definition) is 3. The summed E-state index contributed by atoms with van der Waals surface area (Å²) in [5.41, 5.74) is 5.81. The monoisotopic (exact) mass is 433 g/mol. The molecule has 0 aliphatic heterocycles. The number of pyridine rings is 3. The molecule has 3 heteroatoms. The Morgan fingerprint density at radius 3 is 1.85 bits per heavy atom. The van der Waals surface area contributed by atoms with Gasteiger partial charge in [0.05, 0.1) is 17.1 Å². The standard InChI is InChI=1S/C31H19N3/c1-2-17-32-27(10-1)31-26(9-5-19-34-31)30-25(8-4-18-33-30)23-15-13-22-12-11-20-6-3-7-21-14-16-24(23)29(22)28(20)21/h1-19H. The van der Waals surface area contributed by atoms with Crippen molar-refractivity contribution in [1.82, 2.24) is 15.0 Å². The molecule has 34 heavy (non-hydrogen) atoms. The average Bonchev–Trinajstić information content (AvgIpc) is 2.92. The first kappa shape index (κ1) is 18.9. The summed E-state index contributed by atoms with van der Waals surface area (Å²) in [6.45, 7) is 0. The number of rotatable bonds is 3. The smallest absolute Gasteiger partial charge is 0.0980 e. The van der Waals surface area contributed by atoms with Gasteiger partial charge in [0.2, 0.25) is 0 Å². The SMILES string of the molecule is c1ccc(-c2ncccc2-c2ncccc2-c2ccc3ccc4cccc5ccc2c3c45)nc1. The molecule has 4 aromatic carbocycles. The fraction of sp³-hybridized carbons (Fsp3) is 0. The Bertz CT molecular complexity index is 1790. The molecule has 0 unspecified atom stereocenters. The molecule has 0 bridgehead atoms. The number of hydrogen-bond donors (Lipinski definition) is 0. The van der Waals surface area contributed by atoms with Crippen LogP contribution in [0.15, 0.2) is 116 Å². The Kier molecular flexibility index (Phi) is 4.15. The van der Waals surface area contributed by atoms with Gasteiger partial charge in [-0.2, -0.15) is 0 Å². The first-order valence-electron chi connectivity index (χ1n) is 11.4. The van der Waals surface area contributed by atoms with Crippen molar-refractivity contribution in [2.45, 2.75) is 0 Å². The number of benzene rings is 4. The molecule has 7 aromatic rings. The Hall–Kier alpha value is -4.63. The predicted octanol–water partition coefficient (Wildman–Crippen LogP) is 7.77. The summed E-state index contributed by atoms with van der Waals surface area (Å²) in [5, 5.41) is 7.65. The van der Waals surface area contributed by atoms with Crippen LogP contribution in [0.2, 0.25) is 0 Å². The molecule has 0 amide bonds. The Balaban J connectivity index is 1.53. The van der Waals surface area contributed by atoms with Gasteiger partial charge in [0.15, 0.2) is 0 Å². The molecule has 0 fully saturated rings. The van der Waals surface area contributed by atoms with Crippen molar-refractivity contribution in [3.8, 4) is 33.8 Å². The van der Waals surface area contributed by atoms with Gasteiger partial charge in [-0.3, -0.25) is 15.0 Å². The van der Waals surface area contributed by atoms with Gasteiger partial charge in [-0.1, -0.05) is 66.7 Å². The summed E-state index contributed by atoms with van der Waals surface area (Å²) >= 11 is 0. The second-order valence-electron chi connectivity index (χ2n) is 8.48. The number of nitrogens with zero attached hydrogens (tertiary/aromatic N) is 3. The Morgan fingerprint density at radius 1 is 0.382 bits per heavy atom. The molecule has 0 radical (unpaired) electrons. The minimum absolute atomic E-state index is 0.834.